The van der Waals surface area contributed by atoms with Gasteiger partial charge in [-0.05, 0) is 19.4 Å². The van der Waals surface area contributed by atoms with Gasteiger partial charge in [0, 0.05) is 31.9 Å². The van der Waals surface area contributed by atoms with E-state index in [1.165, 1.54) is 16.7 Å². The monoisotopic (exact) mass is 605 g/mol. The average molecular weight is 606 g/mol. The highest BCUT2D eigenvalue weighted by Gasteiger charge is 2.44. The second-order valence-electron chi connectivity index (χ2n) is 9.96. The Morgan fingerprint density at radius 3 is 2.57 bits per heavy atom. The van der Waals surface area contributed by atoms with Crippen LogP contribution >= 0.6 is 0 Å². The van der Waals surface area contributed by atoms with E-state index in [-0.39, 0.29) is 63.2 Å². The zero-order valence-electron chi connectivity index (χ0n) is 22.7. The molecule has 0 aliphatic carbocycles. The Morgan fingerprint density at radius 2 is 1.90 bits per heavy atom. The molecule has 2 N–H and O–H groups in total. The minimum absolute atomic E-state index is 0.00769. The predicted octanol–water partition coefficient (Wildman–Crippen LogP) is 2.88. The van der Waals surface area contributed by atoms with Crippen LogP contribution in [0, 0.1) is 0 Å². The second-order valence-corrected chi connectivity index (χ2v) is 9.96. The second kappa shape index (κ2) is 12.1. The van der Waals surface area contributed by atoms with E-state index in [2.05, 4.69) is 15.4 Å². The molecule has 11 nitrogen and oxygen atoms in total. The fraction of sp³-hybridized carbons (Fsp3) is 0.560. The summed E-state index contributed by atoms with van der Waals surface area (Å²) in [5, 5.41) is 7.68. The van der Waals surface area contributed by atoms with Crippen LogP contribution in [-0.2, 0) is 26.7 Å². The van der Waals surface area contributed by atoms with E-state index in [1.54, 1.807) is 16.9 Å². The molecule has 2 aliphatic heterocycles. The number of carbonyl (C=O) groups is 2. The van der Waals surface area contributed by atoms with Crippen LogP contribution in [0.4, 0.5) is 43.5 Å². The number of piperazine rings is 1. The number of aromatic nitrogens is 3. The normalized spacial score (nSPS) is 18.0. The fourth-order valence-corrected chi connectivity index (χ4v) is 4.92. The number of nitrogens with zero attached hydrogens (tertiary/aromatic N) is 5. The Labute approximate surface area is 235 Å². The Morgan fingerprint density at radius 1 is 1.17 bits per heavy atom. The first-order valence-corrected chi connectivity index (χ1v) is 13.1. The van der Waals surface area contributed by atoms with Crippen molar-refractivity contribution in [3.8, 4) is 0 Å². The van der Waals surface area contributed by atoms with E-state index in [1.807, 2.05) is 0 Å². The van der Waals surface area contributed by atoms with Crippen molar-refractivity contribution in [3.63, 3.8) is 0 Å². The first-order valence-electron chi connectivity index (χ1n) is 13.1. The molecular weight excluding hydrogens is 576 g/mol. The molecule has 0 unspecified atom stereocenters. The van der Waals surface area contributed by atoms with Crippen molar-refractivity contribution in [2.75, 3.05) is 54.5 Å². The molecular formula is C25H29F6N7O4. The molecule has 4 heterocycles. The van der Waals surface area contributed by atoms with Crippen molar-refractivity contribution in [2.24, 2.45) is 0 Å². The lowest BCUT2D eigenvalue weighted by Gasteiger charge is -2.47. The fourth-order valence-electron chi connectivity index (χ4n) is 4.92. The first kappa shape index (κ1) is 31.1. The summed E-state index contributed by atoms with van der Waals surface area (Å²) in [4.78, 5) is 46.2. The van der Waals surface area contributed by atoms with Crippen LogP contribution in [0.2, 0.25) is 0 Å². The van der Waals surface area contributed by atoms with E-state index < -0.39 is 52.7 Å². The zero-order valence-corrected chi connectivity index (χ0v) is 22.7. The van der Waals surface area contributed by atoms with E-state index in [0.717, 1.165) is 18.5 Å². The molecule has 230 valence electrons. The topological polar surface area (TPSA) is 124 Å². The lowest BCUT2D eigenvalue weighted by molar-refractivity contribution is -0.138. The van der Waals surface area contributed by atoms with Crippen molar-refractivity contribution < 1.29 is 40.7 Å². The molecule has 0 bridgehead atoms. The largest absolute Gasteiger partial charge is 0.423 e. The number of amides is 2. The van der Waals surface area contributed by atoms with Gasteiger partial charge >= 0.3 is 12.4 Å². The Balaban J connectivity index is 1.34. The number of nitrogens with one attached hydrogen (secondary N) is 2. The van der Waals surface area contributed by atoms with Crippen LogP contribution in [0.15, 0.2) is 23.3 Å². The molecule has 2 aromatic rings. The SMILES string of the molecule is CCCN1C(=O)[C@H]2CN(C(=O)CCOC[C@H](C)Nc3cn[nH]c(=O)c3C(F)(F)F)CCN2c2ncc(C(F)(F)F)cc21. The lowest BCUT2D eigenvalue weighted by atomic mass is 10.0. The van der Waals surface area contributed by atoms with Gasteiger partial charge in [-0.3, -0.25) is 14.4 Å². The number of hydrogen-bond donors (Lipinski definition) is 2. The van der Waals surface area contributed by atoms with E-state index in [0.29, 0.717) is 6.42 Å². The van der Waals surface area contributed by atoms with Crippen LogP contribution in [0.5, 0.6) is 0 Å². The number of halogens is 6. The van der Waals surface area contributed by atoms with Crippen molar-refractivity contribution in [1.29, 1.82) is 0 Å². The van der Waals surface area contributed by atoms with Crippen molar-refractivity contribution in [3.05, 3.63) is 39.9 Å². The van der Waals surface area contributed by atoms with Gasteiger partial charge in [0.05, 0.1) is 49.3 Å². The summed E-state index contributed by atoms with van der Waals surface area (Å²) in [6, 6.07) is -0.558. The number of fused-ring (bicyclic) bond motifs is 3. The highest BCUT2D eigenvalue weighted by atomic mass is 19.4. The van der Waals surface area contributed by atoms with E-state index in [9.17, 15) is 40.7 Å². The molecule has 2 aromatic heterocycles. The molecule has 42 heavy (non-hydrogen) atoms. The number of alkyl halides is 6. The maximum Gasteiger partial charge on any atom is 0.423 e. The van der Waals surface area contributed by atoms with Crippen LogP contribution in [0.1, 0.15) is 37.8 Å². The average Bonchev–Trinajstić information content (AvgIpc) is 2.91. The summed E-state index contributed by atoms with van der Waals surface area (Å²) in [6.45, 7) is 3.75. The smallest absolute Gasteiger partial charge is 0.379 e. The van der Waals surface area contributed by atoms with Gasteiger partial charge in [-0.2, -0.15) is 31.4 Å². The highest BCUT2D eigenvalue weighted by molar-refractivity contribution is 6.05. The van der Waals surface area contributed by atoms with E-state index in [4.69, 9.17) is 4.74 Å². The summed E-state index contributed by atoms with van der Waals surface area (Å²) < 4.78 is 85.1. The number of aromatic amines is 1. The van der Waals surface area contributed by atoms with Gasteiger partial charge in [0.2, 0.25) is 5.91 Å². The molecule has 0 aromatic carbocycles. The molecule has 2 atom stereocenters. The summed E-state index contributed by atoms with van der Waals surface area (Å²) in [5.41, 5.74) is -4.17. The van der Waals surface area contributed by atoms with Gasteiger partial charge < -0.3 is 24.8 Å². The Bertz CT molecular complexity index is 1370. The summed E-state index contributed by atoms with van der Waals surface area (Å²) >= 11 is 0. The number of H-pyrrole nitrogens is 1. The third-order valence-corrected chi connectivity index (χ3v) is 6.84. The Hall–Kier alpha value is -3.89. The molecule has 4 rings (SSSR count). The first-order chi connectivity index (χ1) is 19.7. The number of ether oxygens (including phenoxy) is 1. The van der Waals surface area contributed by atoms with Gasteiger partial charge in [0.1, 0.15) is 11.6 Å². The van der Waals surface area contributed by atoms with Crippen LogP contribution in [0.25, 0.3) is 0 Å². The number of carbonyl (C=O) groups excluding carboxylic acids is 2. The number of pyridine rings is 1. The minimum Gasteiger partial charge on any atom is -0.379 e. The van der Waals surface area contributed by atoms with Crippen molar-refractivity contribution >= 4 is 29.0 Å². The summed E-state index contributed by atoms with van der Waals surface area (Å²) in [5.74, 6) is -0.497. The van der Waals surface area contributed by atoms with Gasteiger partial charge in [0.25, 0.3) is 11.5 Å². The third kappa shape index (κ3) is 6.60. The molecule has 0 radical (unpaired) electrons. The number of hydrogen-bond acceptors (Lipinski definition) is 8. The Kier molecular flexibility index (Phi) is 8.98. The van der Waals surface area contributed by atoms with Gasteiger partial charge in [-0.1, -0.05) is 6.92 Å². The summed E-state index contributed by atoms with van der Waals surface area (Å²) in [7, 11) is 0. The summed E-state index contributed by atoms with van der Waals surface area (Å²) in [6.07, 6.45) is -7.51. The molecule has 1 saturated heterocycles. The molecule has 1 fully saturated rings. The molecule has 2 aliphatic rings. The van der Waals surface area contributed by atoms with Gasteiger partial charge in [-0.25, -0.2) is 10.1 Å². The zero-order chi connectivity index (χ0) is 30.8. The molecule has 17 heteroatoms. The number of rotatable bonds is 9. The van der Waals surface area contributed by atoms with Crippen LogP contribution in [0.3, 0.4) is 0 Å². The van der Waals surface area contributed by atoms with Crippen LogP contribution < -0.4 is 20.7 Å². The molecule has 2 amide bonds. The van der Waals surface area contributed by atoms with Gasteiger partial charge in [-0.15, -0.1) is 0 Å². The van der Waals surface area contributed by atoms with Crippen molar-refractivity contribution in [1.82, 2.24) is 20.1 Å². The molecule has 0 saturated carbocycles. The van der Waals surface area contributed by atoms with Crippen LogP contribution in [-0.4, -0.2) is 83.4 Å². The quantitative estimate of drug-likeness (QED) is 0.331. The molecule has 0 spiro atoms. The highest BCUT2D eigenvalue weighted by Crippen LogP contribution is 2.40. The number of anilines is 3. The third-order valence-electron chi connectivity index (χ3n) is 6.84. The standard InChI is InChI=1S/C25H29F6N7O4/c1-3-5-38-17-9-15(24(26,27)28)10-32-21(17)37-7-6-36(12-18(37)23(38)41)19(39)4-8-42-13-14(2)34-16-11-33-35-22(40)20(16)25(29,30)31/h9-11,14,18H,3-8,12-13H2,1-2H3,(H2,34,35,40)/t14-,18+/m0/s1. The van der Waals surface area contributed by atoms with Gasteiger partial charge in [0.15, 0.2) is 5.82 Å². The maximum atomic E-state index is 13.3. The minimum atomic E-state index is -4.90. The van der Waals surface area contributed by atoms with Crippen molar-refractivity contribution in [2.45, 2.75) is 51.1 Å². The predicted molar refractivity (Wildman–Crippen MR) is 138 cm³/mol. The maximum absolute atomic E-state index is 13.3. The lowest BCUT2D eigenvalue weighted by Crippen LogP contribution is -2.64. The van der Waals surface area contributed by atoms with E-state index >= 15 is 0 Å².